The van der Waals surface area contributed by atoms with Gasteiger partial charge in [-0.05, 0) is 49.2 Å². The molecule has 0 radical (unpaired) electrons. The van der Waals surface area contributed by atoms with Crippen molar-refractivity contribution in [3.8, 4) is 22.8 Å². The molecule has 5 rings (SSSR count). The van der Waals surface area contributed by atoms with E-state index in [1.807, 2.05) is 6.07 Å². The molecule has 1 atom stereocenters. The van der Waals surface area contributed by atoms with Crippen molar-refractivity contribution in [1.29, 1.82) is 0 Å². The lowest BCUT2D eigenvalue weighted by Gasteiger charge is -2.37. The van der Waals surface area contributed by atoms with Gasteiger partial charge in [-0.1, -0.05) is 12.1 Å². The van der Waals surface area contributed by atoms with Gasteiger partial charge in [-0.25, -0.2) is 0 Å². The van der Waals surface area contributed by atoms with E-state index in [9.17, 15) is 9.90 Å². The summed E-state index contributed by atoms with van der Waals surface area (Å²) in [7, 11) is 0. The van der Waals surface area contributed by atoms with Gasteiger partial charge in [0.2, 0.25) is 0 Å². The molecule has 0 amide bonds. The van der Waals surface area contributed by atoms with Crippen molar-refractivity contribution >= 4 is 23.2 Å². The van der Waals surface area contributed by atoms with Crippen LogP contribution in [0.5, 0.6) is 11.5 Å². The number of carboxylic acids is 1. The van der Waals surface area contributed by atoms with Crippen molar-refractivity contribution in [2.45, 2.75) is 25.4 Å². The van der Waals surface area contributed by atoms with Crippen LogP contribution in [0.1, 0.15) is 19.3 Å². The SMILES string of the molecule is Nc1nnc(-c2ccccc2O)cc1O[C@H]1CCCN(c2ccc(N3CCN(CCC(=O)O)CC3)cc2)C1. The molecule has 200 valence electrons. The van der Waals surface area contributed by atoms with E-state index < -0.39 is 5.97 Å². The fourth-order valence-electron chi connectivity index (χ4n) is 5.11. The monoisotopic (exact) mass is 518 g/mol. The van der Waals surface area contributed by atoms with E-state index in [0.717, 1.165) is 57.8 Å². The molecule has 2 aliphatic rings. The van der Waals surface area contributed by atoms with Crippen LogP contribution < -0.4 is 20.3 Å². The van der Waals surface area contributed by atoms with Gasteiger partial charge in [0, 0.05) is 62.3 Å². The number of hydrogen-bond donors (Lipinski definition) is 3. The second-order valence-corrected chi connectivity index (χ2v) is 9.81. The van der Waals surface area contributed by atoms with Crippen LogP contribution in [0.4, 0.5) is 17.2 Å². The van der Waals surface area contributed by atoms with Crippen LogP contribution in [0.25, 0.3) is 11.3 Å². The second kappa shape index (κ2) is 11.6. The Hall–Kier alpha value is -4.05. The van der Waals surface area contributed by atoms with E-state index in [-0.39, 0.29) is 24.1 Å². The van der Waals surface area contributed by atoms with Crippen LogP contribution in [0.3, 0.4) is 0 Å². The summed E-state index contributed by atoms with van der Waals surface area (Å²) < 4.78 is 6.30. The standard InChI is InChI=1S/C28H34N6O4/c29-28-26(18-24(30-31-28)23-5-1-2-6-25(23)35)38-22-4-3-12-34(19-22)21-9-7-20(8-10-21)33-16-14-32(15-17-33)13-11-27(36)37/h1-2,5-10,18,22,35H,3-4,11-17,19H2,(H2,29,31)(H,36,37)/t22-/m0/s1. The molecule has 2 aromatic carbocycles. The number of carbonyl (C=O) groups is 1. The van der Waals surface area contributed by atoms with Crippen molar-refractivity contribution in [3.63, 3.8) is 0 Å². The number of carboxylic acid groups (broad SMARTS) is 1. The summed E-state index contributed by atoms with van der Waals surface area (Å²) in [6.45, 7) is 5.82. The Morgan fingerprint density at radius 2 is 1.68 bits per heavy atom. The highest BCUT2D eigenvalue weighted by molar-refractivity contribution is 5.69. The summed E-state index contributed by atoms with van der Waals surface area (Å²) in [5, 5.41) is 27.3. The smallest absolute Gasteiger partial charge is 0.304 e. The van der Waals surface area contributed by atoms with E-state index in [1.54, 1.807) is 24.3 Å². The molecule has 38 heavy (non-hydrogen) atoms. The van der Waals surface area contributed by atoms with Gasteiger partial charge in [-0.15, -0.1) is 10.2 Å². The summed E-state index contributed by atoms with van der Waals surface area (Å²) in [5.74, 6) is 0.0908. The van der Waals surface area contributed by atoms with E-state index in [1.165, 1.54) is 5.69 Å². The summed E-state index contributed by atoms with van der Waals surface area (Å²) in [6, 6.07) is 17.4. The molecule has 0 unspecified atom stereocenters. The van der Waals surface area contributed by atoms with E-state index in [4.69, 9.17) is 15.6 Å². The lowest BCUT2D eigenvalue weighted by molar-refractivity contribution is -0.137. The van der Waals surface area contributed by atoms with E-state index in [2.05, 4.69) is 49.2 Å². The number of phenols is 1. The average molecular weight is 519 g/mol. The number of para-hydroxylation sites is 1. The summed E-state index contributed by atoms with van der Waals surface area (Å²) >= 11 is 0. The maximum absolute atomic E-state index is 10.8. The number of aliphatic carboxylic acids is 1. The minimum atomic E-state index is -0.744. The molecule has 0 saturated carbocycles. The quantitative estimate of drug-likeness (QED) is 0.409. The maximum atomic E-state index is 10.8. The molecule has 2 saturated heterocycles. The van der Waals surface area contributed by atoms with Gasteiger partial charge in [-0.2, -0.15) is 0 Å². The third-order valence-electron chi connectivity index (χ3n) is 7.23. The number of nitrogen functional groups attached to an aromatic ring is 1. The molecule has 0 bridgehead atoms. The Kier molecular flexibility index (Phi) is 7.78. The van der Waals surface area contributed by atoms with Gasteiger partial charge in [0.05, 0.1) is 13.0 Å². The Balaban J connectivity index is 1.19. The number of rotatable bonds is 8. The first-order valence-corrected chi connectivity index (χ1v) is 13.1. The molecule has 0 spiro atoms. The van der Waals surface area contributed by atoms with Gasteiger partial charge in [0.25, 0.3) is 0 Å². The first-order chi connectivity index (χ1) is 18.5. The van der Waals surface area contributed by atoms with Gasteiger partial charge in [-0.3, -0.25) is 9.69 Å². The van der Waals surface area contributed by atoms with Crippen molar-refractivity contribution in [2.75, 3.05) is 61.3 Å². The number of piperidine rings is 1. The molecular weight excluding hydrogens is 484 g/mol. The molecule has 0 aliphatic carbocycles. The zero-order valence-corrected chi connectivity index (χ0v) is 21.4. The van der Waals surface area contributed by atoms with Gasteiger partial charge in [0.1, 0.15) is 17.5 Å². The third-order valence-corrected chi connectivity index (χ3v) is 7.23. The lowest BCUT2D eigenvalue weighted by atomic mass is 10.1. The molecule has 1 aromatic heterocycles. The van der Waals surface area contributed by atoms with Gasteiger partial charge in [0.15, 0.2) is 11.6 Å². The van der Waals surface area contributed by atoms with Crippen molar-refractivity contribution in [1.82, 2.24) is 15.1 Å². The number of aromatic nitrogens is 2. The maximum Gasteiger partial charge on any atom is 0.304 e. The topological polar surface area (TPSA) is 128 Å². The summed E-state index contributed by atoms with van der Waals surface area (Å²) in [6.07, 6.45) is 2.05. The Morgan fingerprint density at radius 1 is 0.974 bits per heavy atom. The predicted octanol–water partition coefficient (Wildman–Crippen LogP) is 3.08. The fraction of sp³-hybridized carbons (Fsp3) is 0.393. The van der Waals surface area contributed by atoms with Crippen LogP contribution in [-0.2, 0) is 4.79 Å². The third kappa shape index (κ3) is 6.08. The van der Waals surface area contributed by atoms with Gasteiger partial charge < -0.3 is 30.5 Å². The zero-order chi connectivity index (χ0) is 26.5. The minimum Gasteiger partial charge on any atom is -0.507 e. The number of ether oxygens (including phenoxy) is 1. The van der Waals surface area contributed by atoms with Gasteiger partial charge >= 0.3 is 5.97 Å². The predicted molar refractivity (Wildman–Crippen MR) is 147 cm³/mol. The number of nitrogens with two attached hydrogens (primary N) is 1. The molecule has 2 fully saturated rings. The summed E-state index contributed by atoms with van der Waals surface area (Å²) in [4.78, 5) is 17.7. The molecule has 3 heterocycles. The molecule has 4 N–H and O–H groups in total. The number of phenolic OH excluding ortho intramolecular Hbond substituents is 1. The van der Waals surface area contributed by atoms with Crippen molar-refractivity contribution in [2.24, 2.45) is 0 Å². The Labute approximate surface area is 222 Å². The Morgan fingerprint density at radius 3 is 2.39 bits per heavy atom. The van der Waals surface area contributed by atoms with Crippen LogP contribution in [0.15, 0.2) is 54.6 Å². The highest BCUT2D eigenvalue weighted by atomic mass is 16.5. The van der Waals surface area contributed by atoms with Crippen molar-refractivity contribution < 1.29 is 19.7 Å². The number of nitrogens with zero attached hydrogens (tertiary/aromatic N) is 5. The molecule has 2 aliphatic heterocycles. The number of aromatic hydroxyl groups is 1. The van der Waals surface area contributed by atoms with Crippen LogP contribution >= 0.6 is 0 Å². The first kappa shape index (κ1) is 25.6. The van der Waals surface area contributed by atoms with Crippen LogP contribution in [-0.4, -0.2) is 83.2 Å². The minimum absolute atomic E-state index is 0.0500. The number of piperazine rings is 1. The normalized spacial score (nSPS) is 18.4. The Bertz CT molecular complexity index is 1250. The second-order valence-electron chi connectivity index (χ2n) is 9.81. The lowest BCUT2D eigenvalue weighted by Crippen LogP contribution is -2.47. The van der Waals surface area contributed by atoms with Crippen molar-refractivity contribution in [3.05, 3.63) is 54.6 Å². The van der Waals surface area contributed by atoms with E-state index >= 15 is 0 Å². The first-order valence-electron chi connectivity index (χ1n) is 13.1. The average Bonchev–Trinajstić information content (AvgIpc) is 2.94. The molecular formula is C28H34N6O4. The molecule has 3 aromatic rings. The highest BCUT2D eigenvalue weighted by Crippen LogP contribution is 2.32. The van der Waals surface area contributed by atoms with Crippen LogP contribution in [0, 0.1) is 0 Å². The number of benzene rings is 2. The largest absolute Gasteiger partial charge is 0.507 e. The molecule has 10 heteroatoms. The molecule has 10 nitrogen and oxygen atoms in total. The number of anilines is 3. The van der Waals surface area contributed by atoms with Crippen LogP contribution in [0.2, 0.25) is 0 Å². The highest BCUT2D eigenvalue weighted by Gasteiger charge is 2.24. The fourth-order valence-corrected chi connectivity index (χ4v) is 5.11. The van der Waals surface area contributed by atoms with E-state index in [0.29, 0.717) is 23.6 Å². The summed E-state index contributed by atoms with van der Waals surface area (Å²) in [5.41, 5.74) is 9.51. The zero-order valence-electron chi connectivity index (χ0n) is 21.4. The number of hydrogen-bond acceptors (Lipinski definition) is 9.